The SMILES string of the molecule is CN1C(=O)c2ccc(C(=O)Nc3ccc(CCC(=O)O)cc3)cc2C1=O. The maximum atomic E-state index is 12.4. The van der Waals surface area contributed by atoms with Crippen molar-refractivity contribution in [2.75, 3.05) is 12.4 Å². The Kier molecular flexibility index (Phi) is 4.53. The van der Waals surface area contributed by atoms with Crippen molar-refractivity contribution >= 4 is 29.4 Å². The normalized spacial score (nSPS) is 12.9. The van der Waals surface area contributed by atoms with E-state index in [1.807, 2.05) is 0 Å². The van der Waals surface area contributed by atoms with E-state index in [0.29, 0.717) is 12.1 Å². The molecule has 0 saturated heterocycles. The Balaban J connectivity index is 1.72. The van der Waals surface area contributed by atoms with Gasteiger partial charge in [0.25, 0.3) is 17.7 Å². The Morgan fingerprint density at radius 1 is 1.00 bits per heavy atom. The predicted octanol–water partition coefficient (Wildman–Crippen LogP) is 2.18. The highest BCUT2D eigenvalue weighted by Crippen LogP contribution is 2.23. The molecule has 0 atom stereocenters. The van der Waals surface area contributed by atoms with Crippen LogP contribution in [0.15, 0.2) is 42.5 Å². The molecule has 1 aliphatic rings. The van der Waals surface area contributed by atoms with E-state index in [1.165, 1.54) is 25.2 Å². The Bertz CT molecular complexity index is 918. The number of aliphatic carboxylic acids is 1. The van der Waals surface area contributed by atoms with E-state index in [9.17, 15) is 19.2 Å². The second-order valence-corrected chi connectivity index (χ2v) is 5.97. The molecule has 0 saturated carbocycles. The van der Waals surface area contributed by atoms with E-state index in [2.05, 4.69) is 5.32 Å². The third-order valence-corrected chi connectivity index (χ3v) is 4.19. The number of hydrogen-bond acceptors (Lipinski definition) is 4. The van der Waals surface area contributed by atoms with Crippen molar-refractivity contribution in [2.45, 2.75) is 12.8 Å². The number of nitrogens with zero attached hydrogens (tertiary/aromatic N) is 1. The van der Waals surface area contributed by atoms with Gasteiger partial charge in [-0.25, -0.2) is 0 Å². The van der Waals surface area contributed by atoms with E-state index < -0.39 is 17.8 Å². The summed E-state index contributed by atoms with van der Waals surface area (Å²) in [5.74, 6) is -2.07. The van der Waals surface area contributed by atoms with Gasteiger partial charge in [-0.05, 0) is 42.3 Å². The first-order chi connectivity index (χ1) is 12.4. The number of imide groups is 1. The number of nitrogens with one attached hydrogen (secondary N) is 1. The fourth-order valence-corrected chi connectivity index (χ4v) is 2.71. The molecule has 7 nitrogen and oxygen atoms in total. The van der Waals surface area contributed by atoms with Gasteiger partial charge in [-0.15, -0.1) is 0 Å². The fraction of sp³-hybridized carbons (Fsp3) is 0.158. The van der Waals surface area contributed by atoms with Gasteiger partial charge in [0.2, 0.25) is 0 Å². The molecule has 3 rings (SSSR count). The Morgan fingerprint density at radius 3 is 2.31 bits per heavy atom. The Hall–Kier alpha value is -3.48. The molecule has 2 aromatic carbocycles. The molecular weight excluding hydrogens is 336 g/mol. The number of hydrogen-bond donors (Lipinski definition) is 2. The lowest BCUT2D eigenvalue weighted by molar-refractivity contribution is -0.136. The summed E-state index contributed by atoms with van der Waals surface area (Å²) in [6, 6.07) is 11.3. The molecule has 0 bridgehead atoms. The van der Waals surface area contributed by atoms with Crippen LogP contribution in [0.4, 0.5) is 5.69 Å². The van der Waals surface area contributed by atoms with Gasteiger partial charge >= 0.3 is 5.97 Å². The molecule has 2 aromatic rings. The van der Waals surface area contributed by atoms with Crippen molar-refractivity contribution in [2.24, 2.45) is 0 Å². The number of carbonyl (C=O) groups excluding carboxylic acids is 3. The minimum Gasteiger partial charge on any atom is -0.481 e. The molecule has 3 amide bonds. The minimum atomic E-state index is -0.863. The van der Waals surface area contributed by atoms with Crippen LogP contribution in [0.1, 0.15) is 43.1 Å². The van der Waals surface area contributed by atoms with Crippen LogP contribution < -0.4 is 5.32 Å². The summed E-state index contributed by atoms with van der Waals surface area (Å²) in [7, 11) is 1.40. The first-order valence-electron chi connectivity index (χ1n) is 7.95. The molecule has 132 valence electrons. The van der Waals surface area contributed by atoms with Gasteiger partial charge < -0.3 is 10.4 Å². The van der Waals surface area contributed by atoms with Gasteiger partial charge in [0.1, 0.15) is 0 Å². The number of benzene rings is 2. The van der Waals surface area contributed by atoms with Gasteiger partial charge in [0.15, 0.2) is 0 Å². The molecule has 0 fully saturated rings. The average Bonchev–Trinajstić information content (AvgIpc) is 2.85. The van der Waals surface area contributed by atoms with Crippen LogP contribution in [0.2, 0.25) is 0 Å². The van der Waals surface area contributed by atoms with E-state index in [0.717, 1.165) is 10.5 Å². The van der Waals surface area contributed by atoms with Gasteiger partial charge in [0, 0.05) is 24.7 Å². The molecule has 0 aliphatic carbocycles. The second kappa shape index (κ2) is 6.79. The molecular formula is C19H16N2O5. The highest BCUT2D eigenvalue weighted by molar-refractivity contribution is 6.22. The third-order valence-electron chi connectivity index (χ3n) is 4.19. The van der Waals surface area contributed by atoms with Gasteiger partial charge in [0.05, 0.1) is 11.1 Å². The van der Waals surface area contributed by atoms with Crippen molar-refractivity contribution in [1.82, 2.24) is 4.90 Å². The van der Waals surface area contributed by atoms with Crippen molar-refractivity contribution in [3.8, 4) is 0 Å². The number of carboxylic acids is 1. The van der Waals surface area contributed by atoms with Gasteiger partial charge in [-0.1, -0.05) is 12.1 Å². The molecule has 0 unspecified atom stereocenters. The maximum absolute atomic E-state index is 12.4. The number of fused-ring (bicyclic) bond motifs is 1. The summed E-state index contributed by atoms with van der Waals surface area (Å²) in [5, 5.41) is 11.4. The molecule has 1 aliphatic heterocycles. The van der Waals surface area contributed by atoms with E-state index in [-0.39, 0.29) is 29.0 Å². The molecule has 7 heteroatoms. The highest BCUT2D eigenvalue weighted by Gasteiger charge is 2.33. The topological polar surface area (TPSA) is 104 Å². The lowest BCUT2D eigenvalue weighted by atomic mass is 10.0. The molecule has 0 spiro atoms. The van der Waals surface area contributed by atoms with Crippen molar-refractivity contribution in [3.05, 3.63) is 64.7 Å². The van der Waals surface area contributed by atoms with Crippen LogP contribution in [0.25, 0.3) is 0 Å². The van der Waals surface area contributed by atoms with Crippen LogP contribution in [0, 0.1) is 0 Å². The van der Waals surface area contributed by atoms with Gasteiger partial charge in [-0.2, -0.15) is 0 Å². The molecule has 0 radical (unpaired) electrons. The summed E-state index contributed by atoms with van der Waals surface area (Å²) in [6.45, 7) is 0. The lowest BCUT2D eigenvalue weighted by Crippen LogP contribution is -2.24. The van der Waals surface area contributed by atoms with Crippen LogP contribution in [0.3, 0.4) is 0 Å². The smallest absolute Gasteiger partial charge is 0.303 e. The van der Waals surface area contributed by atoms with Crippen LogP contribution in [0.5, 0.6) is 0 Å². The number of aryl methyl sites for hydroxylation is 1. The maximum Gasteiger partial charge on any atom is 0.303 e. The van der Waals surface area contributed by atoms with Crippen LogP contribution in [-0.4, -0.2) is 40.7 Å². The second-order valence-electron chi connectivity index (χ2n) is 5.97. The zero-order valence-corrected chi connectivity index (χ0v) is 14.0. The molecule has 0 aromatic heterocycles. The van der Waals surface area contributed by atoms with E-state index in [1.54, 1.807) is 24.3 Å². The van der Waals surface area contributed by atoms with E-state index >= 15 is 0 Å². The van der Waals surface area contributed by atoms with Crippen LogP contribution in [-0.2, 0) is 11.2 Å². The average molecular weight is 352 g/mol. The Labute approximate surface area is 149 Å². The largest absolute Gasteiger partial charge is 0.481 e. The Morgan fingerprint density at radius 2 is 1.65 bits per heavy atom. The molecule has 2 N–H and O–H groups in total. The van der Waals surface area contributed by atoms with Crippen LogP contribution >= 0.6 is 0 Å². The number of rotatable bonds is 5. The molecule has 26 heavy (non-hydrogen) atoms. The zero-order valence-electron chi connectivity index (χ0n) is 14.0. The monoisotopic (exact) mass is 352 g/mol. The lowest BCUT2D eigenvalue weighted by Gasteiger charge is -2.07. The predicted molar refractivity (Wildman–Crippen MR) is 93.2 cm³/mol. The summed E-state index contributed by atoms with van der Waals surface area (Å²) in [6.07, 6.45) is 0.458. The third kappa shape index (κ3) is 3.32. The van der Waals surface area contributed by atoms with Gasteiger partial charge in [-0.3, -0.25) is 24.1 Å². The first-order valence-corrected chi connectivity index (χ1v) is 7.95. The number of anilines is 1. The van der Waals surface area contributed by atoms with Crippen molar-refractivity contribution < 1.29 is 24.3 Å². The number of amides is 3. The van der Waals surface area contributed by atoms with Crippen molar-refractivity contribution in [3.63, 3.8) is 0 Å². The standard InChI is InChI=1S/C19H16N2O5/c1-21-18(25)14-8-5-12(10-15(14)19(21)26)17(24)20-13-6-2-11(3-7-13)4-9-16(22)23/h2-3,5-8,10H,4,9H2,1H3,(H,20,24)(H,22,23). The highest BCUT2D eigenvalue weighted by atomic mass is 16.4. The summed E-state index contributed by atoms with van der Waals surface area (Å²) in [4.78, 5) is 47.9. The quantitative estimate of drug-likeness (QED) is 0.803. The zero-order chi connectivity index (χ0) is 18.8. The first kappa shape index (κ1) is 17.3. The summed E-state index contributed by atoms with van der Waals surface area (Å²) in [5.41, 5.74) is 2.19. The van der Waals surface area contributed by atoms with E-state index in [4.69, 9.17) is 5.11 Å². The summed E-state index contributed by atoms with van der Waals surface area (Å²) >= 11 is 0. The minimum absolute atomic E-state index is 0.0437. The van der Waals surface area contributed by atoms with Crippen molar-refractivity contribution in [1.29, 1.82) is 0 Å². The summed E-state index contributed by atoms with van der Waals surface area (Å²) < 4.78 is 0. The molecule has 1 heterocycles. The number of carbonyl (C=O) groups is 4. The fourth-order valence-electron chi connectivity index (χ4n) is 2.71. The number of carboxylic acid groups (broad SMARTS) is 1.